The van der Waals surface area contributed by atoms with Crippen molar-refractivity contribution in [1.29, 1.82) is 0 Å². The van der Waals surface area contributed by atoms with E-state index in [4.69, 9.17) is 4.74 Å². The Morgan fingerprint density at radius 1 is 1.45 bits per heavy atom. The summed E-state index contributed by atoms with van der Waals surface area (Å²) < 4.78 is 9.89. The molecule has 0 unspecified atom stereocenters. The zero-order valence-electron chi connectivity index (χ0n) is 7.38. The third-order valence-corrected chi connectivity index (χ3v) is 1.15. The fraction of sp³-hybridized carbons (Fsp3) is 0.625. The van der Waals surface area contributed by atoms with Crippen LogP contribution in [-0.4, -0.2) is 12.3 Å². The van der Waals surface area contributed by atoms with E-state index < -0.39 is 5.79 Å². The van der Waals surface area contributed by atoms with Crippen LogP contribution in [0.3, 0.4) is 0 Å². The average Bonchev–Trinajstić information content (AvgIpc) is 1.86. The zero-order valence-corrected chi connectivity index (χ0v) is 7.38. The summed E-state index contributed by atoms with van der Waals surface area (Å²) in [4.78, 5) is 9.97. The SMILES string of the molecule is C/C=C(/C)OC(C)(C)OC=O. The third-order valence-electron chi connectivity index (χ3n) is 1.15. The monoisotopic (exact) mass is 158 g/mol. The van der Waals surface area contributed by atoms with Crippen LogP contribution in [0.4, 0.5) is 0 Å². The van der Waals surface area contributed by atoms with Crippen LogP contribution < -0.4 is 0 Å². The van der Waals surface area contributed by atoms with E-state index in [2.05, 4.69) is 4.74 Å². The van der Waals surface area contributed by atoms with Crippen molar-refractivity contribution in [1.82, 2.24) is 0 Å². The second-order valence-electron chi connectivity index (χ2n) is 2.62. The molecule has 0 bridgehead atoms. The molecule has 0 atom stereocenters. The largest absolute Gasteiger partial charge is 0.458 e. The lowest BCUT2D eigenvalue weighted by Crippen LogP contribution is -2.26. The van der Waals surface area contributed by atoms with Crippen molar-refractivity contribution in [3.63, 3.8) is 0 Å². The standard InChI is InChI=1S/C8H14O3/c1-5-7(2)11-8(3,4)10-6-9/h5-6H,1-4H3/b7-5-. The maximum atomic E-state index is 9.97. The lowest BCUT2D eigenvalue weighted by Gasteiger charge is -2.24. The quantitative estimate of drug-likeness (QED) is 0.356. The minimum Gasteiger partial charge on any atom is -0.458 e. The molecule has 0 rings (SSSR count). The summed E-state index contributed by atoms with van der Waals surface area (Å²) in [7, 11) is 0. The van der Waals surface area contributed by atoms with Crippen molar-refractivity contribution in [2.75, 3.05) is 0 Å². The summed E-state index contributed by atoms with van der Waals surface area (Å²) in [5.74, 6) is -0.130. The van der Waals surface area contributed by atoms with Gasteiger partial charge in [0.15, 0.2) is 0 Å². The van der Waals surface area contributed by atoms with Crippen LogP contribution in [0.1, 0.15) is 27.7 Å². The first-order valence-electron chi connectivity index (χ1n) is 3.45. The van der Waals surface area contributed by atoms with Crippen molar-refractivity contribution >= 4 is 6.47 Å². The van der Waals surface area contributed by atoms with E-state index in [9.17, 15) is 4.79 Å². The molecule has 0 aliphatic heterocycles. The minimum absolute atomic E-state index is 0.378. The van der Waals surface area contributed by atoms with Gasteiger partial charge in [-0.05, 0) is 19.9 Å². The van der Waals surface area contributed by atoms with Crippen LogP contribution in [0, 0.1) is 0 Å². The highest BCUT2D eigenvalue weighted by atomic mass is 16.7. The van der Waals surface area contributed by atoms with Gasteiger partial charge in [-0.15, -0.1) is 0 Å². The summed E-state index contributed by atoms with van der Waals surface area (Å²) in [6, 6.07) is 0. The van der Waals surface area contributed by atoms with Gasteiger partial charge in [-0.25, -0.2) is 0 Å². The molecule has 0 saturated carbocycles. The van der Waals surface area contributed by atoms with Gasteiger partial charge in [0.25, 0.3) is 6.47 Å². The van der Waals surface area contributed by atoms with Crippen molar-refractivity contribution in [3.8, 4) is 0 Å². The maximum Gasteiger partial charge on any atom is 0.296 e. The van der Waals surface area contributed by atoms with Crippen LogP contribution in [0.2, 0.25) is 0 Å². The maximum absolute atomic E-state index is 9.97. The van der Waals surface area contributed by atoms with Gasteiger partial charge >= 0.3 is 0 Å². The first-order chi connectivity index (χ1) is 5.02. The molecule has 3 heteroatoms. The summed E-state index contributed by atoms with van der Waals surface area (Å²) in [6.07, 6.45) is 1.80. The molecular weight excluding hydrogens is 144 g/mol. The summed E-state index contributed by atoms with van der Waals surface area (Å²) in [5, 5.41) is 0. The number of rotatable bonds is 4. The predicted octanol–water partition coefficient (Wildman–Crippen LogP) is 1.84. The molecule has 0 radical (unpaired) electrons. The molecule has 0 aromatic heterocycles. The number of ether oxygens (including phenoxy) is 2. The molecule has 0 aromatic rings. The van der Waals surface area contributed by atoms with Crippen molar-refractivity contribution < 1.29 is 14.3 Å². The molecule has 0 spiro atoms. The smallest absolute Gasteiger partial charge is 0.296 e. The second-order valence-corrected chi connectivity index (χ2v) is 2.62. The van der Waals surface area contributed by atoms with Gasteiger partial charge in [-0.3, -0.25) is 4.79 Å². The molecule has 0 aliphatic rings. The van der Waals surface area contributed by atoms with Crippen LogP contribution in [0.15, 0.2) is 11.8 Å². The summed E-state index contributed by atoms with van der Waals surface area (Å²) in [5.41, 5.74) is 0. The Hall–Kier alpha value is -0.990. The molecule has 0 aliphatic carbocycles. The van der Waals surface area contributed by atoms with Gasteiger partial charge in [0.05, 0.1) is 5.76 Å². The highest BCUT2D eigenvalue weighted by molar-refractivity contribution is 5.37. The first-order valence-corrected chi connectivity index (χ1v) is 3.45. The third kappa shape index (κ3) is 4.42. The van der Waals surface area contributed by atoms with Gasteiger partial charge in [0, 0.05) is 13.8 Å². The number of allylic oxidation sites excluding steroid dienone is 2. The summed E-state index contributed by atoms with van der Waals surface area (Å²) >= 11 is 0. The van der Waals surface area contributed by atoms with E-state index in [-0.39, 0.29) is 0 Å². The Morgan fingerprint density at radius 2 is 2.00 bits per heavy atom. The molecule has 11 heavy (non-hydrogen) atoms. The van der Waals surface area contributed by atoms with Crippen LogP contribution in [0.25, 0.3) is 0 Å². The highest BCUT2D eigenvalue weighted by Gasteiger charge is 2.19. The van der Waals surface area contributed by atoms with E-state index >= 15 is 0 Å². The van der Waals surface area contributed by atoms with Gasteiger partial charge in [0.1, 0.15) is 0 Å². The number of carbonyl (C=O) groups excluding carboxylic acids is 1. The average molecular weight is 158 g/mol. The predicted molar refractivity (Wildman–Crippen MR) is 41.7 cm³/mol. The molecule has 0 fully saturated rings. The lowest BCUT2D eigenvalue weighted by molar-refractivity contribution is -0.187. The molecule has 0 saturated heterocycles. The van der Waals surface area contributed by atoms with E-state index in [0.717, 1.165) is 5.76 Å². The Bertz CT molecular complexity index is 159. The molecule has 0 heterocycles. The van der Waals surface area contributed by atoms with Gasteiger partial charge in [0.2, 0.25) is 5.79 Å². The Labute approximate surface area is 67.0 Å². The summed E-state index contributed by atoms with van der Waals surface area (Å²) in [6.45, 7) is 7.38. The molecule has 3 nitrogen and oxygen atoms in total. The molecule has 0 amide bonds. The molecule has 0 aromatic carbocycles. The fourth-order valence-electron chi connectivity index (χ4n) is 0.587. The Kier molecular flexibility index (Phi) is 3.65. The first kappa shape index (κ1) is 10.0. The highest BCUT2D eigenvalue weighted by Crippen LogP contribution is 2.14. The number of hydrogen-bond donors (Lipinski definition) is 0. The van der Waals surface area contributed by atoms with Crippen LogP contribution in [0.5, 0.6) is 0 Å². The van der Waals surface area contributed by atoms with Crippen molar-refractivity contribution in [3.05, 3.63) is 11.8 Å². The van der Waals surface area contributed by atoms with Crippen molar-refractivity contribution in [2.24, 2.45) is 0 Å². The number of carbonyl (C=O) groups is 1. The van der Waals surface area contributed by atoms with Crippen LogP contribution in [-0.2, 0) is 14.3 Å². The van der Waals surface area contributed by atoms with E-state index in [0.29, 0.717) is 6.47 Å². The molecular formula is C8H14O3. The van der Waals surface area contributed by atoms with Gasteiger partial charge < -0.3 is 9.47 Å². The van der Waals surface area contributed by atoms with E-state index in [1.807, 2.05) is 6.92 Å². The zero-order chi connectivity index (χ0) is 8.91. The Balaban J connectivity index is 4.00. The van der Waals surface area contributed by atoms with Crippen LogP contribution >= 0.6 is 0 Å². The van der Waals surface area contributed by atoms with E-state index in [1.54, 1.807) is 26.8 Å². The topological polar surface area (TPSA) is 35.5 Å². The normalized spacial score (nSPS) is 12.5. The minimum atomic E-state index is -0.863. The van der Waals surface area contributed by atoms with Gasteiger partial charge in [-0.1, -0.05) is 0 Å². The lowest BCUT2D eigenvalue weighted by atomic mass is 10.4. The number of hydrogen-bond acceptors (Lipinski definition) is 3. The molecule has 64 valence electrons. The molecule has 0 N–H and O–H groups in total. The van der Waals surface area contributed by atoms with Crippen molar-refractivity contribution in [2.45, 2.75) is 33.5 Å². The Morgan fingerprint density at radius 3 is 2.36 bits per heavy atom. The van der Waals surface area contributed by atoms with E-state index in [1.165, 1.54) is 0 Å². The fourth-order valence-corrected chi connectivity index (χ4v) is 0.587. The van der Waals surface area contributed by atoms with Gasteiger partial charge in [-0.2, -0.15) is 0 Å². The second kappa shape index (κ2) is 4.01.